The molecule has 0 bridgehead atoms. The van der Waals surface area contributed by atoms with Gasteiger partial charge in [-0.3, -0.25) is 4.90 Å². The molecular formula is C17H18Cl2N2O3. The average Bonchev–Trinajstić information content (AvgIpc) is 3.31. The highest BCUT2D eigenvalue weighted by molar-refractivity contribution is 6.36. The van der Waals surface area contributed by atoms with Crippen molar-refractivity contribution < 1.29 is 14.3 Å². The fourth-order valence-electron chi connectivity index (χ4n) is 3.01. The lowest BCUT2D eigenvalue weighted by Gasteiger charge is -2.36. The van der Waals surface area contributed by atoms with Crippen LogP contribution in [0.15, 0.2) is 29.5 Å². The van der Waals surface area contributed by atoms with Crippen molar-refractivity contribution in [2.24, 2.45) is 0 Å². The molecule has 0 radical (unpaired) electrons. The molecule has 1 aromatic rings. The number of allylic oxidation sites excluding steroid dienone is 1. The van der Waals surface area contributed by atoms with Crippen molar-refractivity contribution in [2.45, 2.75) is 38.8 Å². The van der Waals surface area contributed by atoms with Gasteiger partial charge in [0.15, 0.2) is 0 Å². The molecule has 1 aromatic carbocycles. The van der Waals surface area contributed by atoms with Crippen LogP contribution in [-0.2, 0) is 9.53 Å². The molecule has 0 saturated heterocycles. The summed E-state index contributed by atoms with van der Waals surface area (Å²) in [5.74, 6) is -0.471. The number of carbonyl (C=O) groups is 2. The van der Waals surface area contributed by atoms with Crippen molar-refractivity contribution in [1.82, 2.24) is 10.2 Å². The van der Waals surface area contributed by atoms with Crippen molar-refractivity contribution in [3.8, 4) is 0 Å². The van der Waals surface area contributed by atoms with Gasteiger partial charge in [0.1, 0.15) is 0 Å². The number of rotatable bonds is 4. The zero-order chi connectivity index (χ0) is 17.4. The highest BCUT2D eigenvalue weighted by atomic mass is 35.5. The predicted molar refractivity (Wildman–Crippen MR) is 91.9 cm³/mol. The largest absolute Gasteiger partial charge is 0.463 e. The number of benzene rings is 1. The average molecular weight is 369 g/mol. The zero-order valence-corrected chi connectivity index (χ0v) is 14.9. The Bertz CT molecular complexity index is 708. The van der Waals surface area contributed by atoms with Crippen LogP contribution < -0.4 is 5.32 Å². The smallest absolute Gasteiger partial charge is 0.338 e. The van der Waals surface area contributed by atoms with E-state index in [9.17, 15) is 9.59 Å². The van der Waals surface area contributed by atoms with Crippen LogP contribution in [0.3, 0.4) is 0 Å². The van der Waals surface area contributed by atoms with E-state index in [1.165, 1.54) is 0 Å². The van der Waals surface area contributed by atoms with Crippen LogP contribution in [0.4, 0.5) is 4.79 Å². The first-order valence-electron chi connectivity index (χ1n) is 7.87. The Morgan fingerprint density at radius 1 is 1.33 bits per heavy atom. The normalized spacial score (nSPS) is 20.9. The van der Waals surface area contributed by atoms with Gasteiger partial charge in [-0.25, -0.2) is 9.59 Å². The summed E-state index contributed by atoms with van der Waals surface area (Å²) in [5, 5.41) is 3.65. The predicted octanol–water partition coefficient (Wildman–Crippen LogP) is 4.06. The summed E-state index contributed by atoms with van der Waals surface area (Å²) in [6, 6.07) is 4.24. The van der Waals surface area contributed by atoms with Crippen molar-refractivity contribution in [1.29, 1.82) is 0 Å². The van der Waals surface area contributed by atoms with Crippen molar-refractivity contribution >= 4 is 35.2 Å². The molecule has 7 heteroatoms. The van der Waals surface area contributed by atoms with E-state index in [0.717, 1.165) is 12.8 Å². The Morgan fingerprint density at radius 3 is 2.50 bits per heavy atom. The number of nitrogens with one attached hydrogen (secondary N) is 1. The molecule has 1 aliphatic carbocycles. The number of amides is 2. The van der Waals surface area contributed by atoms with Gasteiger partial charge in [0, 0.05) is 27.3 Å². The van der Waals surface area contributed by atoms with Gasteiger partial charge in [-0.2, -0.15) is 0 Å². The molecule has 1 aliphatic heterocycles. The summed E-state index contributed by atoms with van der Waals surface area (Å²) < 4.78 is 5.21. The van der Waals surface area contributed by atoms with E-state index in [1.807, 2.05) is 0 Å². The number of hydrogen-bond acceptors (Lipinski definition) is 3. The molecule has 1 heterocycles. The van der Waals surface area contributed by atoms with Crippen LogP contribution in [0.1, 0.15) is 38.3 Å². The van der Waals surface area contributed by atoms with Gasteiger partial charge in [0.2, 0.25) is 0 Å². The lowest BCUT2D eigenvalue weighted by molar-refractivity contribution is -0.139. The minimum atomic E-state index is -0.729. The molecule has 2 aliphatic rings. The Labute approximate surface area is 150 Å². The van der Waals surface area contributed by atoms with Crippen molar-refractivity contribution in [3.63, 3.8) is 0 Å². The molecule has 2 amide bonds. The number of ether oxygens (including phenoxy) is 1. The number of urea groups is 1. The summed E-state index contributed by atoms with van der Waals surface area (Å²) in [5.41, 5.74) is 1.48. The number of hydrogen-bond donors (Lipinski definition) is 1. The van der Waals surface area contributed by atoms with Gasteiger partial charge in [-0.15, -0.1) is 0 Å². The second-order valence-electron chi connectivity index (χ2n) is 5.84. The number of esters is 1. The third kappa shape index (κ3) is 2.98. The minimum Gasteiger partial charge on any atom is -0.463 e. The molecule has 128 valence electrons. The van der Waals surface area contributed by atoms with Crippen LogP contribution in [0, 0.1) is 0 Å². The van der Waals surface area contributed by atoms with Gasteiger partial charge < -0.3 is 10.1 Å². The van der Waals surface area contributed by atoms with E-state index in [4.69, 9.17) is 27.9 Å². The molecule has 0 aromatic heterocycles. The van der Waals surface area contributed by atoms with Gasteiger partial charge in [0.25, 0.3) is 0 Å². The Hall–Kier alpha value is -1.72. The molecule has 0 unspecified atom stereocenters. The molecule has 3 rings (SSSR count). The summed E-state index contributed by atoms with van der Waals surface area (Å²) in [7, 11) is 0. The van der Waals surface area contributed by atoms with Gasteiger partial charge >= 0.3 is 12.0 Å². The van der Waals surface area contributed by atoms with Crippen molar-refractivity contribution in [3.05, 3.63) is 45.1 Å². The van der Waals surface area contributed by atoms with Crippen LogP contribution in [-0.4, -0.2) is 29.5 Å². The van der Waals surface area contributed by atoms with Crippen LogP contribution in [0.5, 0.6) is 0 Å². The SMILES string of the molecule is CCOC(=O)C1=C(C)N(C2CC2)C(=O)N[C@@H]1c1c(Cl)cccc1Cl. The highest BCUT2D eigenvalue weighted by Gasteiger charge is 2.43. The van der Waals surface area contributed by atoms with Gasteiger partial charge in [0.05, 0.1) is 18.2 Å². The van der Waals surface area contributed by atoms with Crippen LogP contribution in [0.2, 0.25) is 10.0 Å². The lowest BCUT2D eigenvalue weighted by Crippen LogP contribution is -2.49. The first-order valence-corrected chi connectivity index (χ1v) is 8.62. The third-order valence-corrected chi connectivity index (χ3v) is 4.88. The Morgan fingerprint density at radius 2 is 1.96 bits per heavy atom. The second-order valence-corrected chi connectivity index (χ2v) is 6.65. The fourth-order valence-corrected chi connectivity index (χ4v) is 3.62. The molecule has 24 heavy (non-hydrogen) atoms. The molecule has 1 fully saturated rings. The first-order chi connectivity index (χ1) is 11.5. The molecule has 1 saturated carbocycles. The zero-order valence-electron chi connectivity index (χ0n) is 13.4. The molecule has 0 spiro atoms. The third-order valence-electron chi connectivity index (χ3n) is 4.22. The maximum Gasteiger partial charge on any atom is 0.338 e. The number of nitrogens with zero attached hydrogens (tertiary/aromatic N) is 1. The van der Waals surface area contributed by atoms with E-state index in [2.05, 4.69) is 5.32 Å². The standard InChI is InChI=1S/C17H18Cl2N2O3/c1-3-24-16(22)13-9(2)21(10-7-8-10)17(23)20-15(13)14-11(18)5-4-6-12(14)19/h4-6,10,15H,3,7-8H2,1-2H3,(H,20,23)/t15-/m0/s1. The van der Waals surface area contributed by atoms with Gasteiger partial charge in [-0.1, -0.05) is 29.3 Å². The summed E-state index contributed by atoms with van der Waals surface area (Å²) in [4.78, 5) is 26.8. The van der Waals surface area contributed by atoms with Crippen LogP contribution in [0.25, 0.3) is 0 Å². The van der Waals surface area contributed by atoms with E-state index in [0.29, 0.717) is 26.9 Å². The maximum absolute atomic E-state index is 12.6. The Kier molecular flexibility index (Phi) is 4.74. The van der Waals surface area contributed by atoms with E-state index >= 15 is 0 Å². The summed E-state index contributed by atoms with van der Waals surface area (Å²) in [6.45, 7) is 3.75. The molecule has 1 N–H and O–H groups in total. The van der Waals surface area contributed by atoms with E-state index < -0.39 is 12.0 Å². The summed E-state index contributed by atoms with van der Waals surface area (Å²) in [6.07, 6.45) is 1.86. The molecule has 1 atom stereocenters. The van der Waals surface area contributed by atoms with Crippen molar-refractivity contribution in [2.75, 3.05) is 6.61 Å². The highest BCUT2D eigenvalue weighted by Crippen LogP contribution is 2.41. The Balaban J connectivity index is 2.13. The monoisotopic (exact) mass is 368 g/mol. The lowest BCUT2D eigenvalue weighted by atomic mass is 9.94. The number of carbonyl (C=O) groups excluding carboxylic acids is 2. The number of halogens is 2. The molecular weight excluding hydrogens is 351 g/mol. The molecule has 5 nitrogen and oxygen atoms in total. The fraction of sp³-hybridized carbons (Fsp3) is 0.412. The second kappa shape index (κ2) is 6.65. The minimum absolute atomic E-state index is 0.136. The van der Waals surface area contributed by atoms with E-state index in [-0.39, 0.29) is 18.7 Å². The van der Waals surface area contributed by atoms with Crippen LogP contribution >= 0.6 is 23.2 Å². The topological polar surface area (TPSA) is 58.6 Å². The summed E-state index contributed by atoms with van der Waals surface area (Å²) >= 11 is 12.6. The maximum atomic E-state index is 12.6. The van der Waals surface area contributed by atoms with E-state index in [1.54, 1.807) is 36.9 Å². The quantitative estimate of drug-likeness (QED) is 0.815. The first kappa shape index (κ1) is 17.1. The van der Waals surface area contributed by atoms with Gasteiger partial charge in [-0.05, 0) is 38.8 Å².